The highest BCUT2D eigenvalue weighted by atomic mass is 16.7. The molecule has 7 heteroatoms. The molecule has 2 aromatic rings. The number of hydrogen-bond donors (Lipinski definition) is 1. The second-order valence-electron chi connectivity index (χ2n) is 6.45. The molecule has 0 spiro atoms. The van der Waals surface area contributed by atoms with E-state index in [-0.39, 0.29) is 12.8 Å². The van der Waals surface area contributed by atoms with E-state index in [4.69, 9.17) is 14.2 Å². The lowest BCUT2D eigenvalue weighted by atomic mass is 9.87. The molecule has 0 amide bonds. The van der Waals surface area contributed by atoms with E-state index < -0.39 is 0 Å². The number of oxime groups is 1. The third-order valence-electron chi connectivity index (χ3n) is 5.07. The first-order valence-corrected chi connectivity index (χ1v) is 8.54. The lowest BCUT2D eigenvalue weighted by Crippen LogP contribution is -2.34. The number of methoxy groups -OCH3 is 1. The average Bonchev–Trinajstić information content (AvgIpc) is 3.14. The molecule has 1 N–H and O–H groups in total. The molecule has 136 valence electrons. The van der Waals surface area contributed by atoms with Gasteiger partial charge in [-0.05, 0) is 37.2 Å². The molecule has 1 aromatic carbocycles. The Morgan fingerprint density at radius 1 is 1.38 bits per heavy atom. The quantitative estimate of drug-likeness (QED) is 0.516. The van der Waals surface area contributed by atoms with Gasteiger partial charge in [0.05, 0.1) is 12.8 Å². The molecule has 0 bridgehead atoms. The van der Waals surface area contributed by atoms with Crippen molar-refractivity contribution in [3.8, 4) is 17.2 Å². The van der Waals surface area contributed by atoms with Gasteiger partial charge in [-0.15, -0.1) is 0 Å². The summed E-state index contributed by atoms with van der Waals surface area (Å²) in [6.45, 7) is 1.10. The van der Waals surface area contributed by atoms with Crippen molar-refractivity contribution in [2.24, 2.45) is 5.16 Å². The topological polar surface area (TPSA) is 76.4 Å². The molecule has 4 rings (SSSR count). The van der Waals surface area contributed by atoms with Crippen molar-refractivity contribution >= 4 is 5.71 Å². The van der Waals surface area contributed by atoms with Gasteiger partial charge in [-0.2, -0.15) is 0 Å². The number of rotatable bonds is 4. The molecule has 1 unspecified atom stereocenters. The highest BCUT2D eigenvalue weighted by Gasteiger charge is 2.34. The second kappa shape index (κ2) is 6.84. The van der Waals surface area contributed by atoms with Crippen LogP contribution in [0.4, 0.5) is 0 Å². The van der Waals surface area contributed by atoms with Gasteiger partial charge in [0.1, 0.15) is 0 Å². The zero-order valence-corrected chi connectivity index (χ0v) is 14.8. The van der Waals surface area contributed by atoms with Crippen molar-refractivity contribution in [2.45, 2.75) is 18.9 Å². The molecule has 26 heavy (non-hydrogen) atoms. The maximum atomic E-state index is 9.60. The summed E-state index contributed by atoms with van der Waals surface area (Å²) in [6.07, 6.45) is 4.82. The fourth-order valence-electron chi connectivity index (χ4n) is 3.73. The first-order valence-electron chi connectivity index (χ1n) is 8.54. The summed E-state index contributed by atoms with van der Waals surface area (Å²) in [4.78, 5) is 6.28. The molecule has 1 atom stereocenters. The maximum absolute atomic E-state index is 9.60. The summed E-state index contributed by atoms with van der Waals surface area (Å²) in [7, 11) is 3.71. The van der Waals surface area contributed by atoms with E-state index in [0.29, 0.717) is 23.6 Å². The smallest absolute Gasteiger partial charge is 0.231 e. The van der Waals surface area contributed by atoms with Crippen LogP contribution in [0.1, 0.15) is 29.2 Å². The Kier molecular flexibility index (Phi) is 4.38. The summed E-state index contributed by atoms with van der Waals surface area (Å²) < 4.78 is 16.9. The zero-order valence-electron chi connectivity index (χ0n) is 14.8. The van der Waals surface area contributed by atoms with Crippen LogP contribution in [0.5, 0.6) is 17.2 Å². The highest BCUT2D eigenvalue weighted by molar-refractivity contribution is 6.00. The number of benzene rings is 1. The van der Waals surface area contributed by atoms with Crippen molar-refractivity contribution in [1.82, 2.24) is 9.88 Å². The Hall–Kier alpha value is -2.80. The zero-order chi connectivity index (χ0) is 18.1. The molecule has 2 aliphatic rings. The van der Waals surface area contributed by atoms with E-state index >= 15 is 0 Å². The van der Waals surface area contributed by atoms with E-state index in [0.717, 1.165) is 29.8 Å². The molecular weight excluding hydrogens is 334 g/mol. The van der Waals surface area contributed by atoms with E-state index in [1.165, 1.54) is 5.56 Å². The largest absolute Gasteiger partial charge is 0.492 e. The van der Waals surface area contributed by atoms with Crippen LogP contribution in [0.2, 0.25) is 0 Å². The van der Waals surface area contributed by atoms with Crippen LogP contribution in [-0.4, -0.2) is 48.3 Å². The minimum Gasteiger partial charge on any atom is -0.492 e. The summed E-state index contributed by atoms with van der Waals surface area (Å²) >= 11 is 0. The van der Waals surface area contributed by atoms with Crippen LogP contribution in [-0.2, 0) is 6.42 Å². The van der Waals surface area contributed by atoms with Crippen molar-refractivity contribution in [3.05, 3.63) is 47.3 Å². The van der Waals surface area contributed by atoms with Gasteiger partial charge >= 0.3 is 0 Å². The normalized spacial score (nSPS) is 19.3. The molecule has 0 fully saturated rings. The number of hydrogen-bond acceptors (Lipinski definition) is 7. The molecule has 3 heterocycles. The van der Waals surface area contributed by atoms with Gasteiger partial charge in [0, 0.05) is 42.5 Å². The number of fused-ring (bicyclic) bond motifs is 2. The Bertz CT molecular complexity index is 838. The molecule has 0 saturated heterocycles. The van der Waals surface area contributed by atoms with Crippen LogP contribution in [0.25, 0.3) is 0 Å². The molecular formula is C19H21N3O4. The average molecular weight is 355 g/mol. The third kappa shape index (κ3) is 2.74. The number of likely N-dealkylation sites (N-methyl/N-ethyl adjacent to an activating group) is 1. The molecule has 7 nitrogen and oxygen atoms in total. The predicted molar refractivity (Wildman–Crippen MR) is 95.4 cm³/mol. The highest BCUT2D eigenvalue weighted by Crippen LogP contribution is 2.50. The van der Waals surface area contributed by atoms with Gasteiger partial charge in [-0.3, -0.25) is 9.88 Å². The van der Waals surface area contributed by atoms with Gasteiger partial charge in [-0.25, -0.2) is 0 Å². The minimum absolute atomic E-state index is 0.00210. The first-order chi connectivity index (χ1) is 12.7. The summed E-state index contributed by atoms with van der Waals surface area (Å²) in [5, 5.41) is 13.2. The molecule has 0 aliphatic carbocycles. The first kappa shape index (κ1) is 16.7. The number of ether oxygens (including phenoxy) is 3. The van der Waals surface area contributed by atoms with E-state index in [2.05, 4.69) is 22.1 Å². The number of aromatic nitrogens is 1. The van der Waals surface area contributed by atoms with Gasteiger partial charge in [0.25, 0.3) is 0 Å². The van der Waals surface area contributed by atoms with Crippen LogP contribution < -0.4 is 14.2 Å². The monoisotopic (exact) mass is 355 g/mol. The molecule has 2 aliphatic heterocycles. The molecule has 0 radical (unpaired) electrons. The van der Waals surface area contributed by atoms with Gasteiger partial charge in [0.15, 0.2) is 11.5 Å². The number of pyridine rings is 1. The van der Waals surface area contributed by atoms with Crippen molar-refractivity contribution < 1.29 is 19.4 Å². The predicted octanol–water partition coefficient (Wildman–Crippen LogP) is 2.62. The van der Waals surface area contributed by atoms with Crippen LogP contribution in [0, 0.1) is 0 Å². The third-order valence-corrected chi connectivity index (χ3v) is 5.07. The van der Waals surface area contributed by atoms with Crippen molar-refractivity contribution in [1.29, 1.82) is 0 Å². The van der Waals surface area contributed by atoms with Gasteiger partial charge in [-0.1, -0.05) is 5.16 Å². The molecule has 1 aromatic heterocycles. The second-order valence-corrected chi connectivity index (χ2v) is 6.45. The lowest BCUT2D eigenvalue weighted by Gasteiger charge is -2.36. The van der Waals surface area contributed by atoms with Gasteiger partial charge in [0.2, 0.25) is 12.5 Å². The SMILES string of the molecule is COc1c2c(cc3c1C(C/C(=N/O)c1ccncc1)N(C)CC3)OCO2. The Labute approximate surface area is 151 Å². The Morgan fingerprint density at radius 2 is 2.19 bits per heavy atom. The van der Waals surface area contributed by atoms with Gasteiger partial charge < -0.3 is 19.4 Å². The summed E-state index contributed by atoms with van der Waals surface area (Å²) in [5.74, 6) is 2.09. The fraction of sp³-hybridized carbons (Fsp3) is 0.368. The molecule has 0 saturated carbocycles. The van der Waals surface area contributed by atoms with Crippen LogP contribution in [0.15, 0.2) is 35.7 Å². The Balaban J connectivity index is 1.76. The van der Waals surface area contributed by atoms with E-state index in [9.17, 15) is 5.21 Å². The number of nitrogens with zero attached hydrogens (tertiary/aromatic N) is 3. The van der Waals surface area contributed by atoms with Crippen LogP contribution >= 0.6 is 0 Å². The van der Waals surface area contributed by atoms with Crippen LogP contribution in [0.3, 0.4) is 0 Å². The summed E-state index contributed by atoms with van der Waals surface area (Å²) in [5.41, 5.74) is 3.71. The minimum atomic E-state index is 0.00210. The van der Waals surface area contributed by atoms with E-state index in [1.807, 2.05) is 18.2 Å². The summed E-state index contributed by atoms with van der Waals surface area (Å²) in [6, 6.07) is 5.73. The van der Waals surface area contributed by atoms with E-state index in [1.54, 1.807) is 19.5 Å². The Morgan fingerprint density at radius 3 is 2.92 bits per heavy atom. The maximum Gasteiger partial charge on any atom is 0.231 e. The van der Waals surface area contributed by atoms with Crippen molar-refractivity contribution in [2.75, 3.05) is 27.5 Å². The standard InChI is InChI=1S/C19H21N3O4/c1-22-8-5-13-9-16-18(26-11-25-16)19(24-2)17(13)15(22)10-14(21-23)12-3-6-20-7-4-12/h3-4,6-7,9,15,23H,5,8,10-11H2,1-2H3/b21-14-. The lowest BCUT2D eigenvalue weighted by molar-refractivity contribution is 0.170. The fourth-order valence-corrected chi connectivity index (χ4v) is 3.73. The van der Waals surface area contributed by atoms with Crippen molar-refractivity contribution in [3.63, 3.8) is 0 Å².